The first kappa shape index (κ1) is 14.7. The van der Waals surface area contributed by atoms with Gasteiger partial charge in [0, 0.05) is 0 Å². The molecular formula is C14H24F2N2O. The van der Waals surface area contributed by atoms with Crippen LogP contribution in [0.1, 0.15) is 46.0 Å². The predicted octanol–water partition coefficient (Wildman–Crippen LogP) is 2.61. The standard InChI is InChI=1S/C14H24F2N2O/c1-9(2)7-11-14(19)18(8-12(15)16)13(17-11)10-5-3-4-6-10/h9-13,17H,3-8H2,1-2H3. The van der Waals surface area contributed by atoms with Gasteiger partial charge in [0.2, 0.25) is 5.91 Å². The van der Waals surface area contributed by atoms with Crippen LogP contribution >= 0.6 is 0 Å². The Morgan fingerprint density at radius 3 is 2.47 bits per heavy atom. The van der Waals surface area contributed by atoms with Gasteiger partial charge in [0.05, 0.1) is 18.8 Å². The molecule has 1 aliphatic carbocycles. The Hall–Kier alpha value is -0.710. The summed E-state index contributed by atoms with van der Waals surface area (Å²) in [6.07, 6.45) is 2.48. The van der Waals surface area contributed by atoms with Crippen molar-refractivity contribution in [1.82, 2.24) is 10.2 Å². The fraction of sp³-hybridized carbons (Fsp3) is 0.929. The molecule has 1 saturated carbocycles. The molecule has 0 aromatic rings. The van der Waals surface area contributed by atoms with Crippen LogP contribution in [0.25, 0.3) is 0 Å². The molecule has 2 unspecified atom stereocenters. The van der Waals surface area contributed by atoms with Gasteiger partial charge in [-0.25, -0.2) is 8.78 Å². The highest BCUT2D eigenvalue weighted by Crippen LogP contribution is 2.33. The molecule has 0 aromatic carbocycles. The van der Waals surface area contributed by atoms with Crippen molar-refractivity contribution >= 4 is 5.91 Å². The van der Waals surface area contributed by atoms with Crippen LogP contribution in [-0.4, -0.2) is 36.0 Å². The van der Waals surface area contributed by atoms with Gasteiger partial charge in [-0.15, -0.1) is 0 Å². The smallest absolute Gasteiger partial charge is 0.255 e. The third-order valence-electron chi connectivity index (χ3n) is 4.18. The number of halogens is 2. The van der Waals surface area contributed by atoms with Gasteiger partial charge in [0.15, 0.2) is 0 Å². The Morgan fingerprint density at radius 1 is 1.32 bits per heavy atom. The van der Waals surface area contributed by atoms with Gasteiger partial charge in [0.25, 0.3) is 6.43 Å². The van der Waals surface area contributed by atoms with E-state index in [1.807, 2.05) is 0 Å². The molecule has 2 rings (SSSR count). The van der Waals surface area contributed by atoms with Gasteiger partial charge in [-0.1, -0.05) is 26.7 Å². The number of carbonyl (C=O) groups excluding carboxylic acids is 1. The molecule has 3 nitrogen and oxygen atoms in total. The van der Waals surface area contributed by atoms with Crippen LogP contribution in [-0.2, 0) is 4.79 Å². The minimum absolute atomic E-state index is 0.133. The molecule has 1 N–H and O–H groups in total. The third kappa shape index (κ3) is 3.44. The Balaban J connectivity index is 2.07. The summed E-state index contributed by atoms with van der Waals surface area (Å²) < 4.78 is 25.4. The third-order valence-corrected chi connectivity index (χ3v) is 4.18. The highest BCUT2D eigenvalue weighted by Gasteiger charge is 2.43. The van der Waals surface area contributed by atoms with Crippen molar-refractivity contribution < 1.29 is 13.6 Å². The normalized spacial score (nSPS) is 29.2. The monoisotopic (exact) mass is 274 g/mol. The average molecular weight is 274 g/mol. The zero-order chi connectivity index (χ0) is 14.0. The van der Waals surface area contributed by atoms with Crippen molar-refractivity contribution in [1.29, 1.82) is 0 Å². The summed E-state index contributed by atoms with van der Waals surface area (Å²) in [6, 6.07) is -0.274. The number of nitrogens with one attached hydrogen (secondary N) is 1. The summed E-state index contributed by atoms with van der Waals surface area (Å²) in [5.41, 5.74) is 0. The maximum absolute atomic E-state index is 12.7. The maximum atomic E-state index is 12.7. The topological polar surface area (TPSA) is 32.3 Å². The molecule has 19 heavy (non-hydrogen) atoms. The number of carbonyl (C=O) groups is 1. The molecule has 5 heteroatoms. The molecule has 1 saturated heterocycles. The lowest BCUT2D eigenvalue weighted by Gasteiger charge is -2.28. The molecule has 2 fully saturated rings. The van der Waals surface area contributed by atoms with E-state index in [9.17, 15) is 13.6 Å². The van der Waals surface area contributed by atoms with E-state index in [-0.39, 0.29) is 18.1 Å². The summed E-state index contributed by atoms with van der Waals surface area (Å²) >= 11 is 0. The van der Waals surface area contributed by atoms with Crippen LogP contribution in [0.5, 0.6) is 0 Å². The Labute approximate surface area is 113 Å². The van der Waals surface area contributed by atoms with Gasteiger partial charge < -0.3 is 4.90 Å². The van der Waals surface area contributed by atoms with Gasteiger partial charge in [-0.2, -0.15) is 0 Å². The molecule has 0 radical (unpaired) electrons. The zero-order valence-electron chi connectivity index (χ0n) is 11.7. The molecule has 0 spiro atoms. The van der Waals surface area contributed by atoms with Gasteiger partial charge in [-0.3, -0.25) is 10.1 Å². The van der Waals surface area contributed by atoms with Gasteiger partial charge in [0.1, 0.15) is 0 Å². The molecule has 1 heterocycles. The second kappa shape index (κ2) is 6.16. The van der Waals surface area contributed by atoms with E-state index < -0.39 is 13.0 Å². The van der Waals surface area contributed by atoms with Crippen LogP contribution in [0.4, 0.5) is 8.78 Å². The second-order valence-corrected chi connectivity index (χ2v) is 6.22. The van der Waals surface area contributed by atoms with Crippen LogP contribution in [0.2, 0.25) is 0 Å². The molecule has 1 amide bonds. The lowest BCUT2D eigenvalue weighted by molar-refractivity contribution is -0.132. The van der Waals surface area contributed by atoms with Gasteiger partial charge >= 0.3 is 0 Å². The van der Waals surface area contributed by atoms with Crippen molar-refractivity contribution in [3.63, 3.8) is 0 Å². The molecular weight excluding hydrogens is 250 g/mol. The molecule has 2 atom stereocenters. The summed E-state index contributed by atoms with van der Waals surface area (Å²) in [5, 5.41) is 3.31. The largest absolute Gasteiger partial charge is 0.320 e. The van der Waals surface area contributed by atoms with E-state index in [1.165, 1.54) is 4.90 Å². The highest BCUT2D eigenvalue weighted by molar-refractivity contribution is 5.84. The first-order valence-electron chi connectivity index (χ1n) is 7.33. The Bertz CT molecular complexity index is 317. The minimum atomic E-state index is -2.45. The highest BCUT2D eigenvalue weighted by atomic mass is 19.3. The predicted molar refractivity (Wildman–Crippen MR) is 69.8 cm³/mol. The van der Waals surface area contributed by atoms with E-state index in [4.69, 9.17) is 0 Å². The first-order valence-corrected chi connectivity index (χ1v) is 7.33. The molecule has 2 aliphatic rings. The van der Waals surface area contributed by atoms with Crippen LogP contribution in [0.15, 0.2) is 0 Å². The van der Waals surface area contributed by atoms with Crippen LogP contribution in [0.3, 0.4) is 0 Å². The fourth-order valence-electron chi connectivity index (χ4n) is 3.36. The maximum Gasteiger partial charge on any atom is 0.255 e. The molecule has 0 bridgehead atoms. The fourth-order valence-corrected chi connectivity index (χ4v) is 3.36. The van der Waals surface area contributed by atoms with E-state index in [1.54, 1.807) is 0 Å². The SMILES string of the molecule is CC(C)CC1NC(C2CCCC2)N(CC(F)F)C1=O. The summed E-state index contributed by atoms with van der Waals surface area (Å²) in [4.78, 5) is 13.7. The van der Waals surface area contributed by atoms with E-state index in [2.05, 4.69) is 19.2 Å². The van der Waals surface area contributed by atoms with E-state index in [0.29, 0.717) is 11.8 Å². The van der Waals surface area contributed by atoms with Crippen molar-refractivity contribution in [2.24, 2.45) is 11.8 Å². The lowest BCUT2D eigenvalue weighted by Crippen LogP contribution is -2.44. The Morgan fingerprint density at radius 2 is 1.95 bits per heavy atom. The quantitative estimate of drug-likeness (QED) is 0.836. The van der Waals surface area contributed by atoms with Crippen LogP contribution in [0, 0.1) is 11.8 Å². The van der Waals surface area contributed by atoms with E-state index >= 15 is 0 Å². The van der Waals surface area contributed by atoms with Gasteiger partial charge in [-0.05, 0) is 31.1 Å². The van der Waals surface area contributed by atoms with Crippen molar-refractivity contribution in [2.75, 3.05) is 6.54 Å². The van der Waals surface area contributed by atoms with Crippen molar-refractivity contribution in [3.05, 3.63) is 0 Å². The number of hydrogen-bond acceptors (Lipinski definition) is 2. The average Bonchev–Trinajstić information content (AvgIpc) is 2.91. The molecule has 110 valence electrons. The number of alkyl halides is 2. The number of rotatable bonds is 5. The second-order valence-electron chi connectivity index (χ2n) is 6.22. The number of nitrogens with zero attached hydrogens (tertiary/aromatic N) is 1. The number of hydrogen-bond donors (Lipinski definition) is 1. The summed E-state index contributed by atoms with van der Waals surface area (Å²) in [6.45, 7) is 3.67. The van der Waals surface area contributed by atoms with Crippen molar-refractivity contribution in [3.8, 4) is 0 Å². The first-order chi connectivity index (χ1) is 8.99. The summed E-state index contributed by atoms with van der Waals surface area (Å²) in [5.74, 6) is 0.600. The Kier molecular flexibility index (Phi) is 4.76. The minimum Gasteiger partial charge on any atom is -0.320 e. The number of amides is 1. The van der Waals surface area contributed by atoms with E-state index in [0.717, 1.165) is 32.1 Å². The van der Waals surface area contributed by atoms with Crippen LogP contribution < -0.4 is 5.32 Å². The lowest BCUT2D eigenvalue weighted by atomic mass is 10.0. The van der Waals surface area contributed by atoms with Crippen molar-refractivity contribution in [2.45, 2.75) is 64.6 Å². The molecule has 0 aromatic heterocycles. The summed E-state index contributed by atoms with van der Waals surface area (Å²) in [7, 11) is 0. The zero-order valence-corrected chi connectivity index (χ0v) is 11.7. The molecule has 1 aliphatic heterocycles.